The summed E-state index contributed by atoms with van der Waals surface area (Å²) in [6, 6.07) is 5.97. The Kier molecular flexibility index (Phi) is 5.31. The molecule has 0 bridgehead atoms. The van der Waals surface area contributed by atoms with E-state index in [1.165, 1.54) is 0 Å². The summed E-state index contributed by atoms with van der Waals surface area (Å²) in [7, 11) is 0. The van der Waals surface area contributed by atoms with Crippen LogP contribution in [-0.2, 0) is 11.3 Å². The van der Waals surface area contributed by atoms with Gasteiger partial charge in [0.15, 0.2) is 0 Å². The molecule has 1 aliphatic heterocycles. The van der Waals surface area contributed by atoms with Crippen LogP contribution in [0.15, 0.2) is 24.4 Å². The fourth-order valence-electron chi connectivity index (χ4n) is 2.82. The van der Waals surface area contributed by atoms with Crippen LogP contribution in [0.4, 0.5) is 0 Å². The Morgan fingerprint density at radius 3 is 2.62 bits per heavy atom. The topological polar surface area (TPSA) is 62.5 Å². The molecule has 1 unspecified atom stereocenters. The van der Waals surface area contributed by atoms with E-state index in [-0.39, 0.29) is 5.91 Å². The quantitative estimate of drug-likeness (QED) is 0.886. The summed E-state index contributed by atoms with van der Waals surface area (Å²) in [5.41, 5.74) is 6.50. The van der Waals surface area contributed by atoms with Gasteiger partial charge in [-0.15, -0.1) is 0 Å². The molecule has 116 valence electrons. The van der Waals surface area contributed by atoms with E-state index in [1.54, 1.807) is 0 Å². The summed E-state index contributed by atoms with van der Waals surface area (Å²) in [6.07, 6.45) is 3.48. The molecule has 0 aliphatic carbocycles. The molecule has 2 heterocycles. The minimum atomic E-state index is -0.724. The van der Waals surface area contributed by atoms with E-state index in [4.69, 9.17) is 5.73 Å². The fourth-order valence-corrected chi connectivity index (χ4v) is 2.82. The van der Waals surface area contributed by atoms with Gasteiger partial charge in [-0.3, -0.25) is 14.7 Å². The predicted octanol–water partition coefficient (Wildman–Crippen LogP) is 1.24. The molecule has 1 saturated heterocycles. The third kappa shape index (κ3) is 4.25. The van der Waals surface area contributed by atoms with Crippen molar-refractivity contribution in [2.24, 2.45) is 5.73 Å². The lowest BCUT2D eigenvalue weighted by Crippen LogP contribution is -2.58. The second kappa shape index (κ2) is 7.00. The molecule has 0 aromatic carbocycles. The highest BCUT2D eigenvalue weighted by Gasteiger charge is 2.33. The zero-order valence-corrected chi connectivity index (χ0v) is 13.1. The molecule has 0 saturated carbocycles. The zero-order valence-electron chi connectivity index (χ0n) is 13.1. The van der Waals surface area contributed by atoms with Gasteiger partial charge >= 0.3 is 0 Å². The van der Waals surface area contributed by atoms with Gasteiger partial charge in [0.1, 0.15) is 0 Å². The smallest absolute Gasteiger partial charge is 0.242 e. The molecule has 2 rings (SSSR count). The first-order valence-electron chi connectivity index (χ1n) is 7.73. The van der Waals surface area contributed by atoms with Crippen LogP contribution in [-0.4, -0.2) is 52.4 Å². The van der Waals surface area contributed by atoms with Crippen molar-refractivity contribution in [1.82, 2.24) is 14.8 Å². The summed E-state index contributed by atoms with van der Waals surface area (Å²) in [5.74, 6) is 0.0850. The number of pyridine rings is 1. The fraction of sp³-hybridized carbons (Fsp3) is 0.625. The van der Waals surface area contributed by atoms with Crippen LogP contribution in [0, 0.1) is 0 Å². The largest absolute Gasteiger partial charge is 0.339 e. The Balaban J connectivity index is 1.84. The molecule has 0 spiro atoms. The first-order valence-corrected chi connectivity index (χ1v) is 7.73. The van der Waals surface area contributed by atoms with Crippen LogP contribution in [0.25, 0.3) is 0 Å². The number of carbonyl (C=O) groups excluding carboxylic acids is 1. The minimum absolute atomic E-state index is 0.0850. The Hall–Kier alpha value is -1.46. The molecule has 5 heteroatoms. The number of nitrogens with zero attached hydrogens (tertiary/aromatic N) is 3. The number of rotatable bonds is 5. The third-order valence-corrected chi connectivity index (χ3v) is 4.03. The van der Waals surface area contributed by atoms with Crippen molar-refractivity contribution in [3.63, 3.8) is 0 Å². The molecule has 5 nitrogen and oxygen atoms in total. The zero-order chi connectivity index (χ0) is 15.3. The van der Waals surface area contributed by atoms with Gasteiger partial charge < -0.3 is 10.6 Å². The van der Waals surface area contributed by atoms with Crippen molar-refractivity contribution in [3.8, 4) is 0 Å². The van der Waals surface area contributed by atoms with Crippen LogP contribution in [0.5, 0.6) is 0 Å². The number of piperazine rings is 1. The third-order valence-electron chi connectivity index (χ3n) is 4.03. The lowest BCUT2D eigenvalue weighted by molar-refractivity contribution is -0.138. The van der Waals surface area contributed by atoms with Gasteiger partial charge in [-0.1, -0.05) is 19.4 Å². The number of carbonyl (C=O) groups is 1. The van der Waals surface area contributed by atoms with Crippen LogP contribution >= 0.6 is 0 Å². The average molecular weight is 290 g/mol. The molecule has 1 aliphatic rings. The monoisotopic (exact) mass is 290 g/mol. The Bertz CT molecular complexity index is 453. The van der Waals surface area contributed by atoms with E-state index in [2.05, 4.69) is 16.8 Å². The van der Waals surface area contributed by atoms with E-state index in [0.717, 1.165) is 51.3 Å². The predicted molar refractivity (Wildman–Crippen MR) is 83.6 cm³/mol. The number of hydrogen-bond donors (Lipinski definition) is 1. The standard InChI is InChI=1S/C16H26N4O/c1-3-7-16(2,17)15(21)20-11-9-19(10-12-20)13-14-6-4-5-8-18-14/h4-6,8H,3,7,9-13,17H2,1-2H3. The molecular formula is C16H26N4O. The van der Waals surface area contributed by atoms with Crippen molar-refractivity contribution in [1.29, 1.82) is 0 Å². The van der Waals surface area contributed by atoms with E-state index < -0.39 is 5.54 Å². The molecule has 1 amide bonds. The van der Waals surface area contributed by atoms with Gasteiger partial charge in [0.25, 0.3) is 0 Å². The van der Waals surface area contributed by atoms with Gasteiger partial charge in [0, 0.05) is 38.9 Å². The van der Waals surface area contributed by atoms with Gasteiger partial charge in [-0.2, -0.15) is 0 Å². The highest BCUT2D eigenvalue weighted by Crippen LogP contribution is 2.15. The van der Waals surface area contributed by atoms with Crippen LogP contribution in [0.2, 0.25) is 0 Å². The van der Waals surface area contributed by atoms with Gasteiger partial charge in [-0.05, 0) is 25.5 Å². The number of nitrogens with two attached hydrogens (primary N) is 1. The number of amides is 1. The summed E-state index contributed by atoms with van der Waals surface area (Å²) in [5, 5.41) is 0. The molecule has 1 atom stereocenters. The molecule has 2 N–H and O–H groups in total. The normalized spacial score (nSPS) is 19.3. The first-order chi connectivity index (χ1) is 10.0. The maximum Gasteiger partial charge on any atom is 0.242 e. The highest BCUT2D eigenvalue weighted by molar-refractivity contribution is 5.85. The number of aromatic nitrogens is 1. The second-order valence-corrected chi connectivity index (χ2v) is 6.06. The molecule has 1 fully saturated rings. The van der Waals surface area contributed by atoms with Crippen molar-refractivity contribution in [2.45, 2.75) is 38.8 Å². The van der Waals surface area contributed by atoms with E-state index in [0.29, 0.717) is 0 Å². The summed E-state index contributed by atoms with van der Waals surface area (Å²) in [4.78, 5) is 21.0. The summed E-state index contributed by atoms with van der Waals surface area (Å²) in [6.45, 7) is 8.01. The Morgan fingerprint density at radius 1 is 1.33 bits per heavy atom. The van der Waals surface area contributed by atoms with Crippen molar-refractivity contribution >= 4 is 5.91 Å². The summed E-state index contributed by atoms with van der Waals surface area (Å²) < 4.78 is 0. The van der Waals surface area contributed by atoms with E-state index in [9.17, 15) is 4.79 Å². The average Bonchev–Trinajstić information content (AvgIpc) is 2.48. The second-order valence-electron chi connectivity index (χ2n) is 6.06. The van der Waals surface area contributed by atoms with Gasteiger partial charge in [-0.25, -0.2) is 0 Å². The van der Waals surface area contributed by atoms with E-state index >= 15 is 0 Å². The maximum absolute atomic E-state index is 12.4. The van der Waals surface area contributed by atoms with Gasteiger partial charge in [0.05, 0.1) is 11.2 Å². The van der Waals surface area contributed by atoms with Crippen LogP contribution in [0.3, 0.4) is 0 Å². The lowest BCUT2D eigenvalue weighted by Gasteiger charge is -2.38. The maximum atomic E-state index is 12.4. The minimum Gasteiger partial charge on any atom is -0.339 e. The van der Waals surface area contributed by atoms with Crippen molar-refractivity contribution < 1.29 is 4.79 Å². The molecule has 1 aromatic rings. The molecule has 21 heavy (non-hydrogen) atoms. The Labute approximate surface area is 127 Å². The Morgan fingerprint density at radius 2 is 2.05 bits per heavy atom. The van der Waals surface area contributed by atoms with Crippen LogP contribution in [0.1, 0.15) is 32.4 Å². The summed E-state index contributed by atoms with van der Waals surface area (Å²) >= 11 is 0. The SMILES string of the molecule is CCCC(C)(N)C(=O)N1CCN(Cc2ccccn2)CC1. The van der Waals surface area contributed by atoms with Crippen molar-refractivity contribution in [3.05, 3.63) is 30.1 Å². The van der Waals surface area contributed by atoms with Crippen LogP contribution < -0.4 is 5.73 Å². The first kappa shape index (κ1) is 15.9. The highest BCUT2D eigenvalue weighted by atomic mass is 16.2. The van der Waals surface area contributed by atoms with Gasteiger partial charge in [0.2, 0.25) is 5.91 Å². The van der Waals surface area contributed by atoms with Crippen molar-refractivity contribution in [2.75, 3.05) is 26.2 Å². The number of hydrogen-bond acceptors (Lipinski definition) is 4. The van der Waals surface area contributed by atoms with E-state index in [1.807, 2.05) is 36.2 Å². The molecular weight excluding hydrogens is 264 g/mol. The molecule has 0 radical (unpaired) electrons. The lowest BCUT2D eigenvalue weighted by atomic mass is 9.95. The molecule has 1 aromatic heterocycles.